The lowest BCUT2D eigenvalue weighted by Crippen LogP contribution is -2.30. The highest BCUT2D eigenvalue weighted by Gasteiger charge is 2.19. The first kappa shape index (κ1) is 60.8. The fraction of sp³-hybridized carbons (Fsp3) is 0.610. The number of allylic oxidation sites excluding steroid dienone is 20. The predicted molar refractivity (Wildman–Crippen MR) is 279 cm³/mol. The van der Waals surface area contributed by atoms with Crippen molar-refractivity contribution in [2.45, 2.75) is 219 Å². The van der Waals surface area contributed by atoms with Crippen molar-refractivity contribution in [3.63, 3.8) is 0 Å². The average Bonchev–Trinajstić information content (AvgIpc) is 3.30. The van der Waals surface area contributed by atoms with Crippen molar-refractivity contribution in [1.29, 1.82) is 0 Å². The van der Waals surface area contributed by atoms with Gasteiger partial charge in [-0.05, 0) is 103 Å². The molecule has 0 fully saturated rings. The number of ether oxygens (including phenoxy) is 3. The van der Waals surface area contributed by atoms with E-state index in [1.165, 1.54) is 64.2 Å². The third kappa shape index (κ3) is 50.7. The Labute approximate surface area is 399 Å². The van der Waals surface area contributed by atoms with Crippen molar-refractivity contribution in [3.05, 3.63) is 122 Å². The molecule has 0 aliphatic rings. The summed E-state index contributed by atoms with van der Waals surface area (Å²) in [7, 11) is 0. The molecule has 1 unspecified atom stereocenters. The second-order valence-electron chi connectivity index (χ2n) is 16.8. The Morgan fingerprint density at radius 3 is 1.15 bits per heavy atom. The summed E-state index contributed by atoms with van der Waals surface area (Å²) in [5, 5.41) is 0. The van der Waals surface area contributed by atoms with Crippen molar-refractivity contribution < 1.29 is 28.6 Å². The van der Waals surface area contributed by atoms with E-state index in [2.05, 4.69) is 118 Å². The number of carbonyl (C=O) groups excluding carboxylic acids is 3. The molecule has 0 aliphatic carbocycles. The largest absolute Gasteiger partial charge is 0.462 e. The van der Waals surface area contributed by atoms with Gasteiger partial charge in [-0.2, -0.15) is 0 Å². The third-order valence-corrected chi connectivity index (χ3v) is 10.5. The van der Waals surface area contributed by atoms with Crippen LogP contribution in [0.1, 0.15) is 213 Å². The van der Waals surface area contributed by atoms with Gasteiger partial charge in [0.1, 0.15) is 13.2 Å². The monoisotopic (exact) mass is 899 g/mol. The van der Waals surface area contributed by atoms with Crippen molar-refractivity contribution >= 4 is 17.9 Å². The standard InChI is InChI=1S/C59H94O6/c1-4-7-10-13-16-19-22-25-28-29-32-34-37-40-43-46-49-52-58(61)64-55-56(65-59(62)53-50-47-44-41-38-35-31-27-24-21-18-15-12-9-6-3)54-63-57(60)51-48-45-42-39-36-33-30-26-23-20-17-14-11-8-5-2/h9,12,15-21,23-28,31-32,34,40,43,56H,4-8,10-11,13-14,22,29-30,33,35-39,41-42,44-55H2,1-3H3/b12-9-,18-15-,19-16-,20-17-,24-21-,26-23-,28-25-,31-27-,34-32-,43-40-. The highest BCUT2D eigenvalue weighted by atomic mass is 16.6. The highest BCUT2D eigenvalue weighted by molar-refractivity contribution is 5.71. The molecule has 0 aliphatic heterocycles. The molecule has 0 saturated heterocycles. The van der Waals surface area contributed by atoms with Crippen LogP contribution in [0.2, 0.25) is 0 Å². The molecule has 65 heavy (non-hydrogen) atoms. The van der Waals surface area contributed by atoms with Crippen LogP contribution in [0.25, 0.3) is 0 Å². The molecule has 6 heteroatoms. The molecule has 0 saturated carbocycles. The van der Waals surface area contributed by atoms with Gasteiger partial charge in [-0.25, -0.2) is 0 Å². The second-order valence-corrected chi connectivity index (χ2v) is 16.8. The summed E-state index contributed by atoms with van der Waals surface area (Å²) in [5.74, 6) is -1.01. The SMILES string of the molecule is CC\C=C/C=C\C=C/C=C\CCCCCCCC(=O)OC(COC(=O)CCC/C=C\C/C=C\C/C=C\C/C=C\CCCCC)COC(=O)CCCCCCCC/C=C\C=C/CCCCC. The first-order valence-corrected chi connectivity index (χ1v) is 26.1. The maximum Gasteiger partial charge on any atom is 0.306 e. The summed E-state index contributed by atoms with van der Waals surface area (Å²) in [4.78, 5) is 38.0. The van der Waals surface area contributed by atoms with Gasteiger partial charge >= 0.3 is 17.9 Å². The Morgan fingerprint density at radius 1 is 0.338 bits per heavy atom. The van der Waals surface area contributed by atoms with Crippen molar-refractivity contribution in [2.75, 3.05) is 13.2 Å². The summed E-state index contributed by atoms with van der Waals surface area (Å²) in [5.41, 5.74) is 0. The van der Waals surface area contributed by atoms with E-state index < -0.39 is 6.10 Å². The van der Waals surface area contributed by atoms with Crippen LogP contribution >= 0.6 is 0 Å². The van der Waals surface area contributed by atoms with E-state index in [1.54, 1.807) is 0 Å². The van der Waals surface area contributed by atoms with Gasteiger partial charge < -0.3 is 14.2 Å². The predicted octanol–water partition coefficient (Wildman–Crippen LogP) is 17.3. The number of hydrogen-bond acceptors (Lipinski definition) is 6. The molecule has 1 atom stereocenters. The van der Waals surface area contributed by atoms with E-state index in [4.69, 9.17) is 14.2 Å². The summed E-state index contributed by atoms with van der Waals surface area (Å²) >= 11 is 0. The Morgan fingerprint density at radius 2 is 0.677 bits per heavy atom. The van der Waals surface area contributed by atoms with Gasteiger partial charge in [0.2, 0.25) is 0 Å². The minimum absolute atomic E-state index is 0.115. The van der Waals surface area contributed by atoms with Crippen LogP contribution in [-0.2, 0) is 28.6 Å². The number of rotatable bonds is 45. The molecule has 366 valence electrons. The van der Waals surface area contributed by atoms with Crippen molar-refractivity contribution in [1.82, 2.24) is 0 Å². The van der Waals surface area contributed by atoms with Gasteiger partial charge in [0.15, 0.2) is 6.10 Å². The summed E-state index contributed by atoms with van der Waals surface area (Å²) < 4.78 is 16.7. The van der Waals surface area contributed by atoms with Gasteiger partial charge in [-0.3, -0.25) is 14.4 Å². The number of unbranched alkanes of at least 4 members (excludes halogenated alkanes) is 18. The highest BCUT2D eigenvalue weighted by Crippen LogP contribution is 2.13. The van der Waals surface area contributed by atoms with Crippen molar-refractivity contribution in [2.24, 2.45) is 0 Å². The van der Waals surface area contributed by atoms with Crippen LogP contribution in [-0.4, -0.2) is 37.2 Å². The van der Waals surface area contributed by atoms with Crippen LogP contribution in [0.3, 0.4) is 0 Å². The lowest BCUT2D eigenvalue weighted by atomic mass is 10.1. The van der Waals surface area contributed by atoms with Crippen LogP contribution in [0.15, 0.2) is 122 Å². The summed E-state index contributed by atoms with van der Waals surface area (Å²) in [6.45, 7) is 6.35. The van der Waals surface area contributed by atoms with E-state index >= 15 is 0 Å². The topological polar surface area (TPSA) is 78.9 Å². The first-order chi connectivity index (χ1) is 32.0. The number of carbonyl (C=O) groups is 3. The minimum Gasteiger partial charge on any atom is -0.462 e. The average molecular weight is 899 g/mol. The van der Waals surface area contributed by atoms with Crippen LogP contribution in [0.5, 0.6) is 0 Å². The van der Waals surface area contributed by atoms with Crippen LogP contribution in [0.4, 0.5) is 0 Å². The lowest BCUT2D eigenvalue weighted by molar-refractivity contribution is -0.167. The third-order valence-electron chi connectivity index (χ3n) is 10.5. The minimum atomic E-state index is -0.821. The Bertz CT molecular complexity index is 1400. The molecule has 0 aromatic carbocycles. The molecular weight excluding hydrogens is 805 g/mol. The van der Waals surface area contributed by atoms with Crippen LogP contribution < -0.4 is 0 Å². The zero-order valence-corrected chi connectivity index (χ0v) is 41.7. The van der Waals surface area contributed by atoms with E-state index in [9.17, 15) is 14.4 Å². The van der Waals surface area contributed by atoms with E-state index in [1.807, 2.05) is 24.3 Å². The quantitative estimate of drug-likeness (QED) is 0.0199. The maximum atomic E-state index is 12.8. The molecule has 0 spiro atoms. The number of esters is 3. The summed E-state index contributed by atoms with van der Waals surface area (Å²) in [6, 6.07) is 0. The smallest absolute Gasteiger partial charge is 0.306 e. The molecule has 0 radical (unpaired) electrons. The summed E-state index contributed by atoms with van der Waals surface area (Å²) in [6.07, 6.45) is 71.8. The van der Waals surface area contributed by atoms with Gasteiger partial charge in [0.25, 0.3) is 0 Å². The molecule has 0 bridgehead atoms. The normalized spacial score (nSPS) is 13.1. The molecular formula is C59H94O6. The van der Waals surface area contributed by atoms with Gasteiger partial charge in [-0.15, -0.1) is 0 Å². The van der Waals surface area contributed by atoms with Gasteiger partial charge in [0, 0.05) is 19.3 Å². The van der Waals surface area contributed by atoms with E-state index in [0.29, 0.717) is 12.8 Å². The zero-order valence-electron chi connectivity index (χ0n) is 41.7. The molecule has 0 heterocycles. The van der Waals surface area contributed by atoms with Crippen LogP contribution in [0, 0.1) is 0 Å². The molecule has 0 N–H and O–H groups in total. The van der Waals surface area contributed by atoms with Gasteiger partial charge in [0.05, 0.1) is 0 Å². The number of hydrogen-bond donors (Lipinski definition) is 0. The van der Waals surface area contributed by atoms with Gasteiger partial charge in [-0.1, -0.05) is 213 Å². The maximum absolute atomic E-state index is 12.8. The Balaban J connectivity index is 4.56. The molecule has 0 rings (SSSR count). The molecule has 0 aromatic rings. The molecule has 0 amide bonds. The Kier molecular flexibility index (Phi) is 49.1. The van der Waals surface area contributed by atoms with E-state index in [-0.39, 0.29) is 44.0 Å². The fourth-order valence-electron chi connectivity index (χ4n) is 6.61. The fourth-order valence-corrected chi connectivity index (χ4v) is 6.61. The Hall–Kier alpha value is -4.19. The molecule has 0 aromatic heterocycles. The van der Waals surface area contributed by atoms with E-state index in [0.717, 1.165) is 103 Å². The lowest BCUT2D eigenvalue weighted by Gasteiger charge is -2.18. The zero-order chi connectivity index (χ0) is 47.2. The first-order valence-electron chi connectivity index (χ1n) is 26.1. The second kappa shape index (κ2) is 52.4. The van der Waals surface area contributed by atoms with Crippen molar-refractivity contribution in [3.8, 4) is 0 Å². The molecule has 6 nitrogen and oxygen atoms in total.